The molecule has 80 valence electrons. The average Bonchev–Trinajstić information content (AvgIpc) is 2.67. The van der Waals surface area contributed by atoms with E-state index in [1.165, 1.54) is 11.1 Å². The Morgan fingerprint density at radius 1 is 1.40 bits per heavy atom. The molecule has 1 aromatic carbocycles. The molecular formula is C12H17N3. The molecule has 3 nitrogen and oxygen atoms in total. The van der Waals surface area contributed by atoms with Gasteiger partial charge < -0.3 is 10.6 Å². The molecular weight excluding hydrogens is 186 g/mol. The summed E-state index contributed by atoms with van der Waals surface area (Å²) >= 11 is 0. The molecule has 1 fully saturated rings. The van der Waals surface area contributed by atoms with Crippen LogP contribution in [0.5, 0.6) is 0 Å². The normalized spacial score (nSPS) is 20.6. The van der Waals surface area contributed by atoms with Crippen LogP contribution in [0.15, 0.2) is 24.3 Å². The van der Waals surface area contributed by atoms with Gasteiger partial charge in [-0.2, -0.15) is 0 Å². The summed E-state index contributed by atoms with van der Waals surface area (Å²) in [4.78, 5) is 1.98. The number of nitrogens with two attached hydrogens (primary N) is 1. The van der Waals surface area contributed by atoms with E-state index in [0.717, 1.165) is 19.4 Å². The Labute approximate surface area is 90.4 Å². The molecule has 3 heteroatoms. The molecule has 15 heavy (non-hydrogen) atoms. The molecule has 0 aliphatic carbocycles. The predicted octanol–water partition coefficient (Wildman–Crippen LogP) is 2.03. The van der Waals surface area contributed by atoms with Gasteiger partial charge in [0.05, 0.1) is 6.04 Å². The van der Waals surface area contributed by atoms with Gasteiger partial charge in [-0.1, -0.05) is 29.8 Å². The first kappa shape index (κ1) is 10.0. The van der Waals surface area contributed by atoms with Gasteiger partial charge >= 0.3 is 0 Å². The third-order valence-corrected chi connectivity index (χ3v) is 3.02. The highest BCUT2D eigenvalue weighted by Gasteiger charge is 2.26. The van der Waals surface area contributed by atoms with E-state index >= 15 is 0 Å². The molecule has 0 spiro atoms. The topological polar surface area (TPSA) is 53.1 Å². The lowest BCUT2D eigenvalue weighted by Crippen LogP contribution is -2.35. The van der Waals surface area contributed by atoms with Crippen LogP contribution in [0, 0.1) is 12.3 Å². The standard InChI is InChI=1S/C12H17N3/c1-9-4-6-10(7-5-9)11-3-2-8-15(11)12(13)14/h4-7,11H,2-3,8H2,1H3,(H3,13,14)/t11-/m0/s1. The fourth-order valence-corrected chi connectivity index (χ4v) is 2.19. The minimum atomic E-state index is 0.193. The molecule has 1 aliphatic heterocycles. The molecule has 1 heterocycles. The van der Waals surface area contributed by atoms with Crippen molar-refractivity contribution in [2.24, 2.45) is 5.73 Å². The molecule has 1 aromatic rings. The highest BCUT2D eigenvalue weighted by atomic mass is 15.3. The average molecular weight is 203 g/mol. The van der Waals surface area contributed by atoms with Gasteiger partial charge in [-0.15, -0.1) is 0 Å². The first-order chi connectivity index (χ1) is 7.18. The summed E-state index contributed by atoms with van der Waals surface area (Å²) in [6.07, 6.45) is 2.22. The van der Waals surface area contributed by atoms with Gasteiger partial charge in [0.2, 0.25) is 0 Å². The zero-order chi connectivity index (χ0) is 10.8. The van der Waals surface area contributed by atoms with Crippen LogP contribution in [0.2, 0.25) is 0 Å². The van der Waals surface area contributed by atoms with Crippen molar-refractivity contribution >= 4 is 5.96 Å². The zero-order valence-electron chi connectivity index (χ0n) is 9.03. The zero-order valence-corrected chi connectivity index (χ0v) is 9.03. The van der Waals surface area contributed by atoms with Crippen molar-refractivity contribution in [1.29, 1.82) is 5.41 Å². The smallest absolute Gasteiger partial charge is 0.188 e. The number of aryl methyl sites for hydroxylation is 1. The van der Waals surface area contributed by atoms with E-state index in [2.05, 4.69) is 31.2 Å². The van der Waals surface area contributed by atoms with E-state index in [4.69, 9.17) is 11.1 Å². The van der Waals surface area contributed by atoms with Crippen molar-refractivity contribution in [2.75, 3.05) is 6.54 Å². The van der Waals surface area contributed by atoms with Crippen molar-refractivity contribution in [3.63, 3.8) is 0 Å². The van der Waals surface area contributed by atoms with Crippen LogP contribution in [0.25, 0.3) is 0 Å². The summed E-state index contributed by atoms with van der Waals surface area (Å²) in [5.41, 5.74) is 8.11. The minimum Gasteiger partial charge on any atom is -0.370 e. The Balaban J connectivity index is 2.22. The van der Waals surface area contributed by atoms with E-state index in [-0.39, 0.29) is 5.96 Å². The van der Waals surface area contributed by atoms with E-state index in [9.17, 15) is 0 Å². The second-order valence-corrected chi connectivity index (χ2v) is 4.15. The summed E-state index contributed by atoms with van der Waals surface area (Å²) in [5.74, 6) is 0.193. The van der Waals surface area contributed by atoms with Crippen LogP contribution < -0.4 is 5.73 Å². The lowest BCUT2D eigenvalue weighted by atomic mass is 10.0. The van der Waals surface area contributed by atoms with Crippen LogP contribution in [-0.4, -0.2) is 17.4 Å². The second kappa shape index (κ2) is 3.93. The minimum absolute atomic E-state index is 0.193. The number of nitrogens with zero attached hydrogens (tertiary/aromatic N) is 1. The maximum absolute atomic E-state index is 7.52. The summed E-state index contributed by atoms with van der Waals surface area (Å²) in [6, 6.07) is 8.82. The lowest BCUT2D eigenvalue weighted by Gasteiger charge is -2.25. The summed E-state index contributed by atoms with van der Waals surface area (Å²) in [7, 11) is 0. The Bertz CT molecular complexity index is 356. The van der Waals surface area contributed by atoms with Crippen LogP contribution in [0.1, 0.15) is 30.0 Å². The fraction of sp³-hybridized carbons (Fsp3) is 0.417. The van der Waals surface area contributed by atoms with Crippen LogP contribution in [0.4, 0.5) is 0 Å². The molecule has 0 unspecified atom stereocenters. The molecule has 0 aromatic heterocycles. The second-order valence-electron chi connectivity index (χ2n) is 4.15. The molecule has 0 radical (unpaired) electrons. The van der Waals surface area contributed by atoms with E-state index in [0.29, 0.717) is 6.04 Å². The number of rotatable bonds is 1. The Morgan fingerprint density at radius 2 is 2.07 bits per heavy atom. The van der Waals surface area contributed by atoms with Crippen molar-refractivity contribution in [1.82, 2.24) is 4.90 Å². The third kappa shape index (κ3) is 1.96. The van der Waals surface area contributed by atoms with Crippen LogP contribution in [-0.2, 0) is 0 Å². The number of nitrogens with one attached hydrogen (secondary N) is 1. The van der Waals surface area contributed by atoms with Crippen LogP contribution >= 0.6 is 0 Å². The molecule has 1 aliphatic rings. The Kier molecular flexibility index (Phi) is 2.62. The molecule has 2 rings (SSSR count). The predicted molar refractivity (Wildman–Crippen MR) is 61.8 cm³/mol. The number of hydrogen-bond donors (Lipinski definition) is 2. The first-order valence-electron chi connectivity index (χ1n) is 5.35. The summed E-state index contributed by atoms with van der Waals surface area (Å²) in [5, 5.41) is 7.52. The third-order valence-electron chi connectivity index (χ3n) is 3.02. The molecule has 1 saturated heterocycles. The van der Waals surface area contributed by atoms with Crippen molar-refractivity contribution < 1.29 is 0 Å². The molecule has 0 amide bonds. The molecule has 3 N–H and O–H groups in total. The SMILES string of the molecule is Cc1ccc([C@@H]2CCCN2C(=N)N)cc1. The fourth-order valence-electron chi connectivity index (χ4n) is 2.19. The Morgan fingerprint density at radius 3 is 2.67 bits per heavy atom. The number of benzene rings is 1. The lowest BCUT2D eigenvalue weighted by molar-refractivity contribution is 0.393. The quantitative estimate of drug-likeness (QED) is 0.542. The largest absolute Gasteiger partial charge is 0.370 e. The van der Waals surface area contributed by atoms with Crippen molar-refractivity contribution in [3.05, 3.63) is 35.4 Å². The molecule has 1 atom stereocenters. The van der Waals surface area contributed by atoms with Gasteiger partial charge in [0.25, 0.3) is 0 Å². The monoisotopic (exact) mass is 203 g/mol. The number of guanidine groups is 1. The Hall–Kier alpha value is -1.51. The van der Waals surface area contributed by atoms with Gasteiger partial charge in [0.1, 0.15) is 0 Å². The highest BCUT2D eigenvalue weighted by molar-refractivity contribution is 5.75. The summed E-state index contributed by atoms with van der Waals surface area (Å²) in [6.45, 7) is 3.00. The van der Waals surface area contributed by atoms with E-state index in [1.54, 1.807) is 0 Å². The first-order valence-corrected chi connectivity index (χ1v) is 5.35. The van der Waals surface area contributed by atoms with Crippen LogP contribution in [0.3, 0.4) is 0 Å². The van der Waals surface area contributed by atoms with Gasteiger partial charge in [-0.05, 0) is 25.3 Å². The number of hydrogen-bond acceptors (Lipinski definition) is 1. The maximum atomic E-state index is 7.52. The van der Waals surface area contributed by atoms with Gasteiger partial charge in [0, 0.05) is 6.54 Å². The molecule has 0 bridgehead atoms. The molecule has 0 saturated carbocycles. The van der Waals surface area contributed by atoms with E-state index < -0.39 is 0 Å². The van der Waals surface area contributed by atoms with Gasteiger partial charge in [-0.25, -0.2) is 0 Å². The maximum Gasteiger partial charge on any atom is 0.188 e. The highest BCUT2D eigenvalue weighted by Crippen LogP contribution is 2.31. The van der Waals surface area contributed by atoms with Crippen molar-refractivity contribution in [3.8, 4) is 0 Å². The number of likely N-dealkylation sites (tertiary alicyclic amines) is 1. The van der Waals surface area contributed by atoms with Gasteiger partial charge in [0.15, 0.2) is 5.96 Å². The summed E-state index contributed by atoms with van der Waals surface area (Å²) < 4.78 is 0. The van der Waals surface area contributed by atoms with E-state index in [1.807, 2.05) is 4.90 Å². The van der Waals surface area contributed by atoms with Gasteiger partial charge in [-0.3, -0.25) is 5.41 Å². The van der Waals surface area contributed by atoms with Crippen molar-refractivity contribution in [2.45, 2.75) is 25.8 Å².